The minimum atomic E-state index is 0.139. The first-order chi connectivity index (χ1) is 17.1. The molecule has 0 saturated carbocycles. The number of aromatic nitrogens is 1. The van der Waals surface area contributed by atoms with E-state index >= 15 is 0 Å². The van der Waals surface area contributed by atoms with Crippen molar-refractivity contribution in [3.63, 3.8) is 0 Å². The van der Waals surface area contributed by atoms with Crippen LogP contribution in [0.5, 0.6) is 0 Å². The number of likely N-dealkylation sites (N-methyl/N-ethyl adjacent to an activating group) is 1. The molecule has 2 aromatic carbocycles. The van der Waals surface area contributed by atoms with Gasteiger partial charge in [0.25, 0.3) is 0 Å². The van der Waals surface area contributed by atoms with Gasteiger partial charge in [0.1, 0.15) is 0 Å². The molecule has 186 valence electrons. The van der Waals surface area contributed by atoms with Crippen molar-refractivity contribution in [1.29, 1.82) is 0 Å². The first kappa shape index (κ1) is 24.4. The fraction of sp³-hybridized carbons (Fsp3) is 0.483. The fourth-order valence-electron chi connectivity index (χ4n) is 5.89. The van der Waals surface area contributed by atoms with E-state index in [2.05, 4.69) is 69.1 Å². The second kappa shape index (κ2) is 11.2. The van der Waals surface area contributed by atoms with Gasteiger partial charge in [-0.3, -0.25) is 14.6 Å². The highest BCUT2D eigenvalue weighted by atomic mass is 35.5. The van der Waals surface area contributed by atoms with E-state index in [-0.39, 0.29) is 11.8 Å². The maximum Gasteiger partial charge on any atom is 0.223 e. The maximum atomic E-state index is 12.9. The smallest absolute Gasteiger partial charge is 0.223 e. The Balaban J connectivity index is 1.20. The summed E-state index contributed by atoms with van der Waals surface area (Å²) in [4.78, 5) is 17.8. The van der Waals surface area contributed by atoms with Crippen molar-refractivity contribution in [2.75, 3.05) is 32.7 Å². The lowest BCUT2D eigenvalue weighted by Gasteiger charge is -2.32. The first-order valence-electron chi connectivity index (χ1n) is 13.2. The number of nitrogens with one attached hydrogen (secondary N) is 1. The number of likely N-dealkylation sites (tertiary alicyclic amines) is 2. The lowest BCUT2D eigenvalue weighted by molar-refractivity contribution is -0.126. The summed E-state index contributed by atoms with van der Waals surface area (Å²) in [6, 6.07) is 19.6. The molecule has 35 heavy (non-hydrogen) atoms. The van der Waals surface area contributed by atoms with E-state index in [0.29, 0.717) is 6.04 Å². The van der Waals surface area contributed by atoms with Gasteiger partial charge >= 0.3 is 0 Å². The highest BCUT2D eigenvalue weighted by Crippen LogP contribution is 2.26. The molecule has 1 aromatic heterocycles. The number of amides is 1. The molecule has 2 aliphatic rings. The Labute approximate surface area is 214 Å². The average Bonchev–Trinajstić information content (AvgIpc) is 3.47. The largest absolute Gasteiger partial charge is 0.354 e. The van der Waals surface area contributed by atoms with Gasteiger partial charge in [0.15, 0.2) is 0 Å². The summed E-state index contributed by atoms with van der Waals surface area (Å²) < 4.78 is 2.42. The van der Waals surface area contributed by atoms with Crippen molar-refractivity contribution in [3.05, 3.63) is 70.9 Å². The average molecular weight is 493 g/mol. The fourth-order valence-corrected chi connectivity index (χ4v) is 6.10. The molecule has 0 unspecified atom stereocenters. The number of piperidine rings is 1. The summed E-state index contributed by atoms with van der Waals surface area (Å²) in [5.41, 5.74) is 3.78. The van der Waals surface area contributed by atoms with Gasteiger partial charge in [-0.2, -0.15) is 0 Å². The number of nitrogens with zero attached hydrogens (tertiary/aromatic N) is 3. The molecule has 2 aliphatic heterocycles. The molecular formula is C29H37ClN4O. The monoisotopic (exact) mass is 492 g/mol. The minimum absolute atomic E-state index is 0.139. The molecule has 1 atom stereocenters. The van der Waals surface area contributed by atoms with Crippen LogP contribution >= 0.6 is 11.6 Å². The van der Waals surface area contributed by atoms with Crippen LogP contribution in [-0.4, -0.2) is 59.0 Å². The molecule has 0 spiro atoms. The van der Waals surface area contributed by atoms with Gasteiger partial charge < -0.3 is 9.88 Å². The van der Waals surface area contributed by atoms with Crippen molar-refractivity contribution in [1.82, 2.24) is 19.7 Å². The molecule has 3 aromatic rings. The van der Waals surface area contributed by atoms with Gasteiger partial charge in [-0.15, -0.1) is 0 Å². The summed E-state index contributed by atoms with van der Waals surface area (Å²) in [6.07, 6.45) is 4.32. The zero-order valence-corrected chi connectivity index (χ0v) is 21.5. The number of para-hydroxylation sites is 1. The van der Waals surface area contributed by atoms with Crippen LogP contribution in [0.2, 0.25) is 5.02 Å². The van der Waals surface area contributed by atoms with Crippen LogP contribution in [0.3, 0.4) is 0 Å². The lowest BCUT2D eigenvalue weighted by Crippen LogP contribution is -2.44. The van der Waals surface area contributed by atoms with Crippen molar-refractivity contribution in [2.45, 2.75) is 51.7 Å². The van der Waals surface area contributed by atoms with Gasteiger partial charge in [0.2, 0.25) is 5.91 Å². The van der Waals surface area contributed by atoms with E-state index < -0.39 is 0 Å². The van der Waals surface area contributed by atoms with Crippen molar-refractivity contribution < 1.29 is 4.79 Å². The molecule has 2 fully saturated rings. The third-order valence-electron chi connectivity index (χ3n) is 7.89. The van der Waals surface area contributed by atoms with Crippen molar-refractivity contribution in [3.8, 4) is 0 Å². The number of carbonyl (C=O) groups excluding carboxylic acids is 1. The Morgan fingerprint density at radius 2 is 1.83 bits per heavy atom. The molecule has 1 N–H and O–H groups in total. The van der Waals surface area contributed by atoms with Crippen LogP contribution in [0.25, 0.3) is 10.9 Å². The highest BCUT2D eigenvalue weighted by molar-refractivity contribution is 6.30. The van der Waals surface area contributed by atoms with Crippen LogP contribution in [0.1, 0.15) is 43.9 Å². The van der Waals surface area contributed by atoms with Crippen molar-refractivity contribution in [2.24, 2.45) is 5.92 Å². The highest BCUT2D eigenvalue weighted by Gasteiger charge is 2.28. The van der Waals surface area contributed by atoms with Crippen LogP contribution in [0, 0.1) is 5.92 Å². The Kier molecular flexibility index (Phi) is 7.76. The van der Waals surface area contributed by atoms with Gasteiger partial charge in [-0.25, -0.2) is 0 Å². The molecule has 0 bridgehead atoms. The Morgan fingerprint density at radius 3 is 2.63 bits per heavy atom. The Hall–Kier alpha value is -2.34. The number of benzene rings is 2. The summed E-state index contributed by atoms with van der Waals surface area (Å²) in [7, 11) is 0. The predicted octanol–water partition coefficient (Wildman–Crippen LogP) is 5.16. The summed E-state index contributed by atoms with van der Waals surface area (Å²) in [5.74, 6) is 0.391. The van der Waals surface area contributed by atoms with Crippen molar-refractivity contribution >= 4 is 28.4 Å². The molecule has 0 radical (unpaired) electrons. The van der Waals surface area contributed by atoms with E-state index in [1.54, 1.807) is 0 Å². The SMILES string of the molecule is CCN1CCC[C@@H]1CNC(=O)C1CCN(Cc2cc3ccccc3n2Cc2cccc(Cl)c2)CC1. The number of carbonyl (C=O) groups is 1. The molecule has 3 heterocycles. The number of hydrogen-bond donors (Lipinski definition) is 1. The van der Waals surface area contributed by atoms with Crippen LogP contribution < -0.4 is 5.32 Å². The van der Waals surface area contributed by atoms with Gasteiger partial charge in [0.05, 0.1) is 0 Å². The zero-order chi connectivity index (χ0) is 24.2. The van der Waals surface area contributed by atoms with E-state index in [9.17, 15) is 4.79 Å². The van der Waals surface area contributed by atoms with Gasteiger partial charge in [0, 0.05) is 47.8 Å². The van der Waals surface area contributed by atoms with Gasteiger partial charge in [-0.05, 0) is 87.1 Å². The Bertz CT molecular complexity index is 1150. The second-order valence-corrected chi connectivity index (χ2v) is 10.6. The quantitative estimate of drug-likeness (QED) is 0.472. The van der Waals surface area contributed by atoms with Crippen LogP contribution in [0.15, 0.2) is 54.6 Å². The molecular weight excluding hydrogens is 456 g/mol. The van der Waals surface area contributed by atoms with E-state index in [1.165, 1.54) is 41.5 Å². The maximum absolute atomic E-state index is 12.9. The summed E-state index contributed by atoms with van der Waals surface area (Å²) in [5, 5.41) is 5.31. The second-order valence-electron chi connectivity index (χ2n) is 10.1. The third-order valence-corrected chi connectivity index (χ3v) is 8.12. The van der Waals surface area contributed by atoms with E-state index in [0.717, 1.165) is 57.1 Å². The number of fused-ring (bicyclic) bond motifs is 1. The summed E-state index contributed by atoms with van der Waals surface area (Å²) in [6.45, 7) is 8.88. The predicted molar refractivity (Wildman–Crippen MR) is 144 cm³/mol. The number of halogens is 1. The van der Waals surface area contributed by atoms with E-state index in [4.69, 9.17) is 11.6 Å². The third kappa shape index (κ3) is 5.74. The molecule has 6 heteroatoms. The normalized spacial score (nSPS) is 20.0. The lowest BCUT2D eigenvalue weighted by atomic mass is 9.95. The summed E-state index contributed by atoms with van der Waals surface area (Å²) >= 11 is 6.26. The van der Waals surface area contributed by atoms with Crippen LogP contribution in [0.4, 0.5) is 0 Å². The first-order valence-corrected chi connectivity index (χ1v) is 13.5. The zero-order valence-electron chi connectivity index (χ0n) is 20.8. The molecule has 2 saturated heterocycles. The standard InChI is InChI=1S/C29H37ClN4O/c1-2-33-14-6-10-26(33)19-31-29(35)23-12-15-32(16-13-23)21-27-18-24-8-3-4-11-28(24)34(27)20-22-7-5-9-25(30)17-22/h3-5,7-9,11,17-18,23,26H,2,6,10,12-16,19-21H2,1H3,(H,31,35)/t26-/m1/s1. The molecule has 5 nitrogen and oxygen atoms in total. The number of rotatable bonds is 8. The van der Waals surface area contributed by atoms with Crippen LogP contribution in [-0.2, 0) is 17.9 Å². The van der Waals surface area contributed by atoms with E-state index in [1.807, 2.05) is 12.1 Å². The minimum Gasteiger partial charge on any atom is -0.354 e. The molecule has 5 rings (SSSR count). The molecule has 0 aliphatic carbocycles. The molecule has 1 amide bonds. The number of hydrogen-bond acceptors (Lipinski definition) is 3. The topological polar surface area (TPSA) is 40.5 Å². The Morgan fingerprint density at radius 1 is 1.00 bits per heavy atom. The van der Waals surface area contributed by atoms with Gasteiger partial charge in [-0.1, -0.05) is 48.9 Å².